The van der Waals surface area contributed by atoms with Gasteiger partial charge in [0.15, 0.2) is 5.17 Å². The van der Waals surface area contributed by atoms with Gasteiger partial charge in [-0.3, -0.25) is 9.78 Å². The third-order valence-electron chi connectivity index (χ3n) is 4.02. The van der Waals surface area contributed by atoms with E-state index in [0.717, 1.165) is 29.8 Å². The fraction of sp³-hybridized carbons (Fsp3) is 0.316. The highest BCUT2D eigenvalue weighted by Crippen LogP contribution is 2.24. The van der Waals surface area contributed by atoms with E-state index in [-0.39, 0.29) is 11.2 Å². The Balaban J connectivity index is 1.48. The number of aryl methyl sites for hydroxylation is 1. The molecule has 2 aromatic rings. The number of amidine groups is 1. The normalized spacial score (nSPS) is 16.8. The van der Waals surface area contributed by atoms with Crippen molar-refractivity contribution >= 4 is 22.8 Å². The van der Waals surface area contributed by atoms with Gasteiger partial charge in [-0.25, -0.2) is 0 Å². The van der Waals surface area contributed by atoms with Gasteiger partial charge >= 0.3 is 0 Å². The summed E-state index contributed by atoms with van der Waals surface area (Å²) in [5.41, 5.74) is 8.99. The van der Waals surface area contributed by atoms with Gasteiger partial charge in [0.25, 0.3) is 5.91 Å². The molecule has 25 heavy (non-hydrogen) atoms. The van der Waals surface area contributed by atoms with Gasteiger partial charge in [-0.2, -0.15) is 4.99 Å². The van der Waals surface area contributed by atoms with E-state index in [1.165, 1.54) is 17.3 Å². The molecule has 2 N–H and O–H groups in total. The molecule has 2 heterocycles. The number of ether oxygens (including phenoxy) is 1. The first-order valence-corrected chi connectivity index (χ1v) is 9.22. The number of amides is 1. The number of carbonyl (C=O) groups excluding carboxylic acids is 1. The molecule has 0 radical (unpaired) electrons. The molecule has 130 valence electrons. The van der Waals surface area contributed by atoms with Crippen LogP contribution in [0.5, 0.6) is 5.75 Å². The first-order chi connectivity index (χ1) is 12.1. The zero-order valence-electron chi connectivity index (χ0n) is 14.1. The van der Waals surface area contributed by atoms with Crippen LogP contribution in [0.3, 0.4) is 0 Å². The Bertz CT molecular complexity index is 774. The quantitative estimate of drug-likeness (QED) is 0.826. The third-order valence-corrected chi connectivity index (χ3v) is 5.01. The maximum absolute atomic E-state index is 11.7. The number of aliphatic imine (C=N–C) groups is 1. The molecule has 0 spiro atoms. The monoisotopic (exact) mass is 355 g/mol. The average molecular weight is 355 g/mol. The first-order valence-electron chi connectivity index (χ1n) is 8.34. The highest BCUT2D eigenvalue weighted by molar-refractivity contribution is 8.15. The van der Waals surface area contributed by atoms with E-state index in [9.17, 15) is 4.79 Å². The fourth-order valence-electron chi connectivity index (χ4n) is 2.63. The Kier molecular flexibility index (Phi) is 5.71. The van der Waals surface area contributed by atoms with Gasteiger partial charge in [0, 0.05) is 18.3 Å². The van der Waals surface area contributed by atoms with Crippen LogP contribution in [0, 0.1) is 0 Å². The molecule has 0 bridgehead atoms. The maximum atomic E-state index is 11.7. The number of nitrogens with zero attached hydrogens (tertiary/aromatic N) is 2. The molecule has 0 saturated heterocycles. The van der Waals surface area contributed by atoms with Crippen molar-refractivity contribution in [1.82, 2.24) is 4.98 Å². The van der Waals surface area contributed by atoms with E-state index in [1.807, 2.05) is 36.5 Å². The number of rotatable bonds is 7. The maximum Gasteiger partial charge on any atom is 0.261 e. The highest BCUT2D eigenvalue weighted by Gasteiger charge is 2.26. The number of nitrogens with two attached hydrogens (primary N) is 1. The van der Waals surface area contributed by atoms with Crippen LogP contribution in [0.1, 0.15) is 23.7 Å². The minimum atomic E-state index is -0.205. The average Bonchev–Trinajstić information content (AvgIpc) is 2.94. The van der Waals surface area contributed by atoms with Gasteiger partial charge in [-0.05, 0) is 48.2 Å². The Morgan fingerprint density at radius 1 is 1.20 bits per heavy atom. The summed E-state index contributed by atoms with van der Waals surface area (Å²) >= 11 is 1.33. The summed E-state index contributed by atoms with van der Waals surface area (Å²) in [5.74, 6) is 0.668. The molecule has 0 aliphatic carbocycles. The third kappa shape index (κ3) is 4.82. The predicted molar refractivity (Wildman–Crippen MR) is 101 cm³/mol. The Morgan fingerprint density at radius 3 is 2.68 bits per heavy atom. The van der Waals surface area contributed by atoms with Gasteiger partial charge in [0.05, 0.1) is 11.9 Å². The predicted octanol–water partition coefficient (Wildman–Crippen LogP) is 2.76. The second kappa shape index (κ2) is 8.16. The molecule has 1 aliphatic heterocycles. The summed E-state index contributed by atoms with van der Waals surface area (Å²) in [6, 6.07) is 12.0. The van der Waals surface area contributed by atoms with Gasteiger partial charge in [-0.1, -0.05) is 30.8 Å². The molecule has 1 unspecified atom stereocenters. The van der Waals surface area contributed by atoms with Gasteiger partial charge < -0.3 is 10.5 Å². The second-order valence-corrected chi connectivity index (χ2v) is 7.07. The fourth-order valence-corrected chi connectivity index (χ4v) is 3.49. The SMILES string of the molecule is CCc1ccnc(CCOc2ccc(CC3SC(N)=NC3=O)cc2)c1. The summed E-state index contributed by atoms with van der Waals surface area (Å²) in [6.45, 7) is 2.72. The van der Waals surface area contributed by atoms with Crippen molar-refractivity contribution in [3.05, 3.63) is 59.4 Å². The largest absolute Gasteiger partial charge is 0.493 e. The number of benzene rings is 1. The van der Waals surface area contributed by atoms with Crippen LogP contribution in [-0.2, 0) is 24.1 Å². The second-order valence-electron chi connectivity index (χ2n) is 5.85. The number of aromatic nitrogens is 1. The summed E-state index contributed by atoms with van der Waals surface area (Å²) < 4.78 is 5.79. The zero-order chi connectivity index (χ0) is 17.6. The molecular formula is C19H21N3O2S. The molecule has 3 rings (SSSR count). The zero-order valence-corrected chi connectivity index (χ0v) is 15.0. The van der Waals surface area contributed by atoms with Crippen molar-refractivity contribution in [3.63, 3.8) is 0 Å². The van der Waals surface area contributed by atoms with Gasteiger partial charge in [0.1, 0.15) is 5.75 Å². The van der Waals surface area contributed by atoms with E-state index in [0.29, 0.717) is 18.2 Å². The minimum Gasteiger partial charge on any atom is -0.493 e. The number of carbonyl (C=O) groups is 1. The van der Waals surface area contributed by atoms with Crippen molar-refractivity contribution in [2.45, 2.75) is 31.4 Å². The van der Waals surface area contributed by atoms with E-state index in [1.54, 1.807) is 0 Å². The highest BCUT2D eigenvalue weighted by atomic mass is 32.2. The van der Waals surface area contributed by atoms with Crippen molar-refractivity contribution < 1.29 is 9.53 Å². The number of hydrogen-bond acceptors (Lipinski definition) is 5. The molecule has 1 aliphatic rings. The lowest BCUT2D eigenvalue weighted by Crippen LogP contribution is -2.14. The van der Waals surface area contributed by atoms with Crippen LogP contribution in [0.2, 0.25) is 0 Å². The lowest BCUT2D eigenvalue weighted by atomic mass is 10.1. The Hall–Kier alpha value is -2.34. The van der Waals surface area contributed by atoms with E-state index < -0.39 is 0 Å². The van der Waals surface area contributed by atoms with Crippen LogP contribution >= 0.6 is 11.8 Å². The molecule has 6 heteroatoms. The topological polar surface area (TPSA) is 77.6 Å². The summed E-state index contributed by atoms with van der Waals surface area (Å²) in [4.78, 5) is 19.8. The number of hydrogen-bond donors (Lipinski definition) is 1. The molecule has 0 fully saturated rings. The molecule has 0 saturated carbocycles. The molecule has 5 nitrogen and oxygen atoms in total. The van der Waals surface area contributed by atoms with Crippen LogP contribution in [0.4, 0.5) is 0 Å². The summed E-state index contributed by atoms with van der Waals surface area (Å²) in [5, 5.41) is 0.152. The molecule has 1 aromatic carbocycles. The van der Waals surface area contributed by atoms with E-state index >= 15 is 0 Å². The first kappa shape index (κ1) is 17.5. The Labute approximate surface area is 151 Å². The standard InChI is InChI=1S/C19H21N3O2S/c1-2-13-7-9-21-15(11-13)8-10-24-16-5-3-14(4-6-16)12-17-18(23)22-19(20)25-17/h3-7,9,11,17H,2,8,10,12H2,1H3,(H2,20,22,23). The smallest absolute Gasteiger partial charge is 0.261 e. The molecule has 1 amide bonds. The number of pyridine rings is 1. The van der Waals surface area contributed by atoms with Gasteiger partial charge in [-0.15, -0.1) is 0 Å². The van der Waals surface area contributed by atoms with Crippen LogP contribution < -0.4 is 10.5 Å². The van der Waals surface area contributed by atoms with Crippen LogP contribution in [0.15, 0.2) is 47.6 Å². The van der Waals surface area contributed by atoms with Crippen molar-refractivity contribution in [3.8, 4) is 5.75 Å². The molecule has 1 atom stereocenters. The van der Waals surface area contributed by atoms with Crippen molar-refractivity contribution in [2.24, 2.45) is 10.7 Å². The van der Waals surface area contributed by atoms with Crippen LogP contribution in [0.25, 0.3) is 0 Å². The Morgan fingerprint density at radius 2 is 2.00 bits per heavy atom. The lowest BCUT2D eigenvalue weighted by Gasteiger charge is -2.09. The minimum absolute atomic E-state index is 0.148. The van der Waals surface area contributed by atoms with Crippen molar-refractivity contribution in [1.29, 1.82) is 0 Å². The van der Waals surface area contributed by atoms with Gasteiger partial charge in [0.2, 0.25) is 0 Å². The molecule has 1 aromatic heterocycles. The van der Waals surface area contributed by atoms with E-state index in [2.05, 4.69) is 23.0 Å². The number of thioether (sulfide) groups is 1. The lowest BCUT2D eigenvalue weighted by molar-refractivity contribution is -0.117. The molecular weight excluding hydrogens is 334 g/mol. The van der Waals surface area contributed by atoms with E-state index in [4.69, 9.17) is 10.5 Å². The summed E-state index contributed by atoms with van der Waals surface area (Å²) in [7, 11) is 0. The summed E-state index contributed by atoms with van der Waals surface area (Å²) in [6.07, 6.45) is 4.26. The van der Waals surface area contributed by atoms with Crippen LogP contribution in [-0.4, -0.2) is 27.9 Å². The van der Waals surface area contributed by atoms with Crippen molar-refractivity contribution in [2.75, 3.05) is 6.61 Å².